The average molecular weight is 321 g/mol. The number of hydrogen-bond acceptors (Lipinski definition) is 7. The lowest BCUT2D eigenvalue weighted by Gasteiger charge is -2.30. The van der Waals surface area contributed by atoms with E-state index in [2.05, 4.69) is 10.1 Å². The molecule has 23 heavy (non-hydrogen) atoms. The van der Waals surface area contributed by atoms with Crippen LogP contribution in [0.15, 0.2) is 27.3 Å². The lowest BCUT2D eigenvalue weighted by Crippen LogP contribution is -2.48. The topological polar surface area (TPSA) is 119 Å². The molecule has 0 bridgehead atoms. The van der Waals surface area contributed by atoms with Crippen LogP contribution >= 0.6 is 0 Å². The van der Waals surface area contributed by atoms with Gasteiger partial charge in [0.05, 0.1) is 19.4 Å². The number of carboxylic acids is 1. The lowest BCUT2D eigenvalue weighted by atomic mass is 10.2. The van der Waals surface area contributed by atoms with E-state index < -0.39 is 12.1 Å². The first-order valence-electron chi connectivity index (χ1n) is 7.12. The highest BCUT2D eigenvalue weighted by molar-refractivity contribution is 5.78. The molecule has 2 aromatic rings. The number of hydrogen-bond donors (Lipinski definition) is 1. The Morgan fingerprint density at radius 1 is 1.43 bits per heavy atom. The van der Waals surface area contributed by atoms with Gasteiger partial charge in [-0.3, -0.25) is 4.79 Å². The van der Waals surface area contributed by atoms with Crippen LogP contribution in [-0.4, -0.2) is 57.8 Å². The van der Waals surface area contributed by atoms with Gasteiger partial charge in [-0.25, -0.2) is 4.79 Å². The van der Waals surface area contributed by atoms with E-state index in [0.717, 1.165) is 0 Å². The number of morpholine rings is 1. The molecule has 0 saturated carbocycles. The van der Waals surface area contributed by atoms with E-state index in [1.54, 1.807) is 12.1 Å². The van der Waals surface area contributed by atoms with Crippen LogP contribution in [0.4, 0.5) is 0 Å². The summed E-state index contributed by atoms with van der Waals surface area (Å²) in [5.74, 6) is -0.0915. The third-order valence-corrected chi connectivity index (χ3v) is 3.46. The van der Waals surface area contributed by atoms with Gasteiger partial charge in [-0.05, 0) is 12.1 Å². The van der Waals surface area contributed by atoms with Crippen molar-refractivity contribution in [2.75, 3.05) is 19.7 Å². The van der Waals surface area contributed by atoms with Crippen molar-refractivity contribution in [1.82, 2.24) is 15.0 Å². The van der Waals surface area contributed by atoms with E-state index in [4.69, 9.17) is 18.8 Å². The third-order valence-electron chi connectivity index (χ3n) is 3.46. The average Bonchev–Trinajstić information content (AvgIpc) is 3.23. The van der Waals surface area contributed by atoms with Crippen molar-refractivity contribution in [1.29, 1.82) is 0 Å². The molecular formula is C14H15N3O6. The molecule has 2 aromatic heterocycles. The quantitative estimate of drug-likeness (QED) is 0.849. The van der Waals surface area contributed by atoms with Crippen LogP contribution in [0.5, 0.6) is 0 Å². The molecule has 9 nitrogen and oxygen atoms in total. The second kappa shape index (κ2) is 6.61. The largest absolute Gasteiger partial charge is 0.479 e. The fourth-order valence-electron chi connectivity index (χ4n) is 2.26. The summed E-state index contributed by atoms with van der Waals surface area (Å²) in [6, 6.07) is 3.42. The maximum absolute atomic E-state index is 12.1. The summed E-state index contributed by atoms with van der Waals surface area (Å²) in [6.07, 6.45) is 0.974. The number of aryl methyl sites for hydroxylation is 1. The minimum atomic E-state index is -1.07. The molecule has 0 aromatic carbocycles. The van der Waals surface area contributed by atoms with Gasteiger partial charge < -0.3 is 23.7 Å². The van der Waals surface area contributed by atoms with Crippen LogP contribution in [0.25, 0.3) is 11.6 Å². The monoisotopic (exact) mass is 321 g/mol. The molecular weight excluding hydrogens is 306 g/mol. The first-order valence-corrected chi connectivity index (χ1v) is 7.12. The van der Waals surface area contributed by atoms with Gasteiger partial charge in [0.15, 0.2) is 11.9 Å². The van der Waals surface area contributed by atoms with Crippen LogP contribution in [0, 0.1) is 0 Å². The van der Waals surface area contributed by atoms with Gasteiger partial charge in [0.2, 0.25) is 17.6 Å². The summed E-state index contributed by atoms with van der Waals surface area (Å²) in [4.78, 5) is 28.7. The van der Waals surface area contributed by atoms with Crippen molar-refractivity contribution in [3.63, 3.8) is 0 Å². The Morgan fingerprint density at radius 3 is 3.04 bits per heavy atom. The third kappa shape index (κ3) is 3.57. The van der Waals surface area contributed by atoms with Crippen LogP contribution in [-0.2, 0) is 20.7 Å². The van der Waals surface area contributed by atoms with Gasteiger partial charge in [0, 0.05) is 19.4 Å². The molecule has 3 rings (SSSR count). The summed E-state index contributed by atoms with van der Waals surface area (Å²) in [5, 5.41) is 12.7. The number of nitrogens with zero attached hydrogens (tertiary/aromatic N) is 3. The molecule has 1 fully saturated rings. The van der Waals surface area contributed by atoms with Gasteiger partial charge in [-0.1, -0.05) is 5.16 Å². The first kappa shape index (κ1) is 15.2. The van der Waals surface area contributed by atoms with Crippen molar-refractivity contribution in [2.45, 2.75) is 18.9 Å². The zero-order chi connectivity index (χ0) is 16.2. The number of ether oxygens (including phenoxy) is 1. The molecule has 0 aliphatic carbocycles. The van der Waals surface area contributed by atoms with Crippen molar-refractivity contribution in [2.24, 2.45) is 0 Å². The van der Waals surface area contributed by atoms with Crippen LogP contribution < -0.4 is 0 Å². The fraction of sp³-hybridized carbons (Fsp3) is 0.429. The molecule has 1 amide bonds. The normalized spacial score (nSPS) is 18.1. The molecule has 1 aliphatic rings. The number of rotatable bonds is 5. The maximum atomic E-state index is 12.1. The minimum absolute atomic E-state index is 0.0512. The Balaban J connectivity index is 1.54. The van der Waals surface area contributed by atoms with Gasteiger partial charge in [0.1, 0.15) is 0 Å². The Kier molecular flexibility index (Phi) is 4.38. The molecule has 9 heteroatoms. The summed E-state index contributed by atoms with van der Waals surface area (Å²) in [5.41, 5.74) is 0. The summed E-state index contributed by atoms with van der Waals surface area (Å²) in [6.45, 7) is 0.644. The maximum Gasteiger partial charge on any atom is 0.334 e. The summed E-state index contributed by atoms with van der Waals surface area (Å²) in [7, 11) is 0. The van der Waals surface area contributed by atoms with Crippen LogP contribution in [0.1, 0.15) is 12.3 Å². The molecule has 1 saturated heterocycles. The second-order valence-corrected chi connectivity index (χ2v) is 5.03. The van der Waals surface area contributed by atoms with Gasteiger partial charge in [-0.2, -0.15) is 4.98 Å². The van der Waals surface area contributed by atoms with Crippen molar-refractivity contribution >= 4 is 11.9 Å². The van der Waals surface area contributed by atoms with Crippen LogP contribution in [0.3, 0.4) is 0 Å². The second-order valence-electron chi connectivity index (χ2n) is 5.03. The van der Waals surface area contributed by atoms with Crippen molar-refractivity contribution < 1.29 is 28.4 Å². The van der Waals surface area contributed by atoms with E-state index in [-0.39, 0.29) is 31.9 Å². The number of aliphatic carboxylic acids is 1. The zero-order valence-electron chi connectivity index (χ0n) is 12.2. The van der Waals surface area contributed by atoms with Gasteiger partial charge in [-0.15, -0.1) is 0 Å². The predicted octanol–water partition coefficient (Wildman–Crippen LogP) is 0.574. The van der Waals surface area contributed by atoms with E-state index >= 15 is 0 Å². The molecule has 0 radical (unpaired) electrons. The summed E-state index contributed by atoms with van der Waals surface area (Å²) < 4.78 is 15.3. The Morgan fingerprint density at radius 2 is 2.30 bits per heavy atom. The Labute approximate surface area is 130 Å². The fourth-order valence-corrected chi connectivity index (χ4v) is 2.26. The van der Waals surface area contributed by atoms with Gasteiger partial charge in [0.25, 0.3) is 0 Å². The van der Waals surface area contributed by atoms with Gasteiger partial charge >= 0.3 is 5.97 Å². The highest BCUT2D eigenvalue weighted by Crippen LogP contribution is 2.16. The Bertz CT molecular complexity index is 681. The predicted molar refractivity (Wildman–Crippen MR) is 74.3 cm³/mol. The molecule has 3 heterocycles. The number of amides is 1. The molecule has 1 aliphatic heterocycles. The number of carbonyl (C=O) groups excluding carboxylic acids is 1. The Hall–Kier alpha value is -2.68. The first-order chi connectivity index (χ1) is 11.1. The summed E-state index contributed by atoms with van der Waals surface area (Å²) >= 11 is 0. The zero-order valence-corrected chi connectivity index (χ0v) is 12.2. The lowest BCUT2D eigenvalue weighted by molar-refractivity contribution is -0.159. The van der Waals surface area contributed by atoms with E-state index in [1.807, 2.05) is 0 Å². The smallest absolute Gasteiger partial charge is 0.334 e. The number of furan rings is 1. The van der Waals surface area contributed by atoms with E-state index in [9.17, 15) is 9.59 Å². The molecule has 0 unspecified atom stereocenters. The standard InChI is InChI=1S/C14H15N3O6/c18-12(17-5-7-22-10(8-17)14(19)20)4-3-11-15-13(16-23-11)9-2-1-6-21-9/h1-2,6,10H,3-5,7-8H2,(H,19,20)/t10-/m0/s1. The highest BCUT2D eigenvalue weighted by Gasteiger charge is 2.28. The van der Waals surface area contributed by atoms with Crippen LogP contribution in [0.2, 0.25) is 0 Å². The van der Waals surface area contributed by atoms with Crippen molar-refractivity contribution in [3.05, 3.63) is 24.3 Å². The molecule has 122 valence electrons. The number of carbonyl (C=O) groups is 2. The SMILES string of the molecule is O=C(O)[C@@H]1CN(C(=O)CCc2nc(-c3ccco3)no2)CCO1. The number of aromatic nitrogens is 2. The molecule has 0 spiro atoms. The van der Waals surface area contributed by atoms with Crippen molar-refractivity contribution in [3.8, 4) is 11.6 Å². The highest BCUT2D eigenvalue weighted by atomic mass is 16.5. The van der Waals surface area contributed by atoms with E-state index in [1.165, 1.54) is 11.2 Å². The van der Waals surface area contributed by atoms with E-state index in [0.29, 0.717) is 24.0 Å². The number of carboxylic acid groups (broad SMARTS) is 1. The molecule has 1 atom stereocenters. The molecule has 1 N–H and O–H groups in total. The minimum Gasteiger partial charge on any atom is -0.479 e.